The van der Waals surface area contributed by atoms with Crippen LogP contribution < -0.4 is 4.74 Å². The minimum absolute atomic E-state index is 0.249. The van der Waals surface area contributed by atoms with Gasteiger partial charge in [-0.3, -0.25) is 0 Å². The fraction of sp³-hybridized carbons (Fsp3) is 0.273. The fourth-order valence-electron chi connectivity index (χ4n) is 1.71. The van der Waals surface area contributed by atoms with Crippen molar-refractivity contribution in [3.63, 3.8) is 0 Å². The molecule has 0 N–H and O–H groups in total. The number of alkyl halides is 6. The molecule has 0 fully saturated rings. The molecule has 0 atom stereocenters. The van der Waals surface area contributed by atoms with Crippen molar-refractivity contribution in [3.05, 3.63) is 35.7 Å². The molecule has 4 nitrogen and oxygen atoms in total. The van der Waals surface area contributed by atoms with Gasteiger partial charge < -0.3 is 4.74 Å². The lowest BCUT2D eigenvalue weighted by atomic mass is 10.1. The molecule has 0 amide bonds. The van der Waals surface area contributed by atoms with Gasteiger partial charge in [0.25, 0.3) is 0 Å². The lowest BCUT2D eigenvalue weighted by Gasteiger charge is -2.22. The Morgan fingerprint density at radius 3 is 2.14 bits per heavy atom. The van der Waals surface area contributed by atoms with Crippen LogP contribution in [0.5, 0.6) is 5.75 Å². The average Bonchev–Trinajstić information content (AvgIpc) is 2.88. The largest absolute Gasteiger partial charge is 0.494 e. The third-order valence-corrected chi connectivity index (χ3v) is 3.84. The van der Waals surface area contributed by atoms with E-state index in [1.807, 2.05) is 0 Å². The standard InChI is InChI=1S/C11H7Cl6N3O/c1-21-8-5-6(10(12,13)14)4-7(11(15,16)17)9(8)20-3-2-18-19-20/h2-5H,1H3. The maximum atomic E-state index is 6.02. The Kier molecular flexibility index (Phi) is 5.08. The summed E-state index contributed by atoms with van der Waals surface area (Å²) >= 11 is 35.7. The first-order valence-electron chi connectivity index (χ1n) is 5.37. The molecule has 0 bridgehead atoms. The third-order valence-electron chi connectivity index (χ3n) is 2.58. The smallest absolute Gasteiger partial charge is 0.218 e. The normalized spacial score (nSPS) is 12.5. The summed E-state index contributed by atoms with van der Waals surface area (Å²) < 4.78 is 3.23. The summed E-state index contributed by atoms with van der Waals surface area (Å²) in [6, 6.07) is 3.00. The van der Waals surface area contributed by atoms with Crippen LogP contribution in [-0.2, 0) is 7.59 Å². The lowest BCUT2D eigenvalue weighted by Crippen LogP contribution is -2.13. The maximum Gasteiger partial charge on any atom is 0.218 e. The minimum atomic E-state index is -1.78. The summed E-state index contributed by atoms with van der Waals surface area (Å²) in [5.41, 5.74) is 0.946. The Morgan fingerprint density at radius 1 is 1.05 bits per heavy atom. The van der Waals surface area contributed by atoms with E-state index in [1.165, 1.54) is 30.1 Å². The van der Waals surface area contributed by atoms with Crippen molar-refractivity contribution in [2.75, 3.05) is 7.11 Å². The molecule has 0 aliphatic rings. The molecular weight excluding hydrogens is 403 g/mol. The Hall–Kier alpha value is -0.100. The van der Waals surface area contributed by atoms with Crippen LogP contribution in [0.4, 0.5) is 0 Å². The van der Waals surface area contributed by atoms with Crippen LogP contribution in [0, 0.1) is 0 Å². The number of methoxy groups -OCH3 is 1. The summed E-state index contributed by atoms with van der Waals surface area (Å²) in [5.74, 6) is 0.325. The van der Waals surface area contributed by atoms with E-state index < -0.39 is 7.59 Å². The van der Waals surface area contributed by atoms with Crippen LogP contribution in [0.15, 0.2) is 24.5 Å². The monoisotopic (exact) mass is 407 g/mol. The maximum absolute atomic E-state index is 6.02. The highest BCUT2D eigenvalue weighted by molar-refractivity contribution is 6.67. The van der Waals surface area contributed by atoms with Crippen LogP contribution in [-0.4, -0.2) is 22.1 Å². The van der Waals surface area contributed by atoms with Gasteiger partial charge in [0.15, 0.2) is 0 Å². The molecule has 0 radical (unpaired) electrons. The number of nitrogens with zero attached hydrogens (tertiary/aromatic N) is 3. The van der Waals surface area contributed by atoms with Gasteiger partial charge in [0.05, 0.1) is 19.5 Å². The van der Waals surface area contributed by atoms with Crippen molar-refractivity contribution >= 4 is 69.6 Å². The lowest BCUT2D eigenvalue weighted by molar-refractivity contribution is 0.410. The molecular formula is C11H7Cl6N3O. The summed E-state index contributed by atoms with van der Waals surface area (Å²) in [6.45, 7) is 0. The highest BCUT2D eigenvalue weighted by atomic mass is 35.6. The first kappa shape index (κ1) is 17.3. The number of halogens is 6. The second-order valence-electron chi connectivity index (χ2n) is 3.92. The molecule has 0 saturated carbocycles. The minimum Gasteiger partial charge on any atom is -0.494 e. The molecule has 0 aliphatic carbocycles. The fourth-order valence-corrected chi connectivity index (χ4v) is 2.47. The Bertz CT molecular complexity index is 633. The Morgan fingerprint density at radius 2 is 1.71 bits per heavy atom. The molecule has 2 rings (SSSR count). The summed E-state index contributed by atoms with van der Waals surface area (Å²) in [7, 11) is 1.44. The van der Waals surface area contributed by atoms with Gasteiger partial charge in [0, 0.05) is 11.1 Å². The van der Waals surface area contributed by atoms with Gasteiger partial charge in [0.1, 0.15) is 11.4 Å². The van der Waals surface area contributed by atoms with Crippen molar-refractivity contribution in [2.45, 2.75) is 7.59 Å². The summed E-state index contributed by atoms with van der Waals surface area (Å²) in [5, 5.41) is 7.59. The topological polar surface area (TPSA) is 39.9 Å². The highest BCUT2D eigenvalue weighted by Crippen LogP contribution is 2.48. The van der Waals surface area contributed by atoms with E-state index in [9.17, 15) is 0 Å². The first-order chi connectivity index (χ1) is 9.64. The molecule has 0 saturated heterocycles. The zero-order valence-electron chi connectivity index (χ0n) is 10.3. The predicted octanol–water partition coefficient (Wildman–Crippen LogP) is 4.93. The van der Waals surface area contributed by atoms with Gasteiger partial charge in [-0.15, -0.1) is 5.10 Å². The quantitative estimate of drug-likeness (QED) is 0.660. The number of hydrogen-bond donors (Lipinski definition) is 0. The van der Waals surface area contributed by atoms with Gasteiger partial charge in [-0.1, -0.05) is 74.8 Å². The van der Waals surface area contributed by atoms with E-state index >= 15 is 0 Å². The van der Waals surface area contributed by atoms with Crippen molar-refractivity contribution < 1.29 is 4.74 Å². The van der Waals surface area contributed by atoms with E-state index in [2.05, 4.69) is 10.3 Å². The molecule has 10 heteroatoms. The van der Waals surface area contributed by atoms with Crippen LogP contribution >= 0.6 is 69.6 Å². The van der Waals surface area contributed by atoms with Crippen LogP contribution in [0.3, 0.4) is 0 Å². The van der Waals surface area contributed by atoms with Crippen LogP contribution in [0.25, 0.3) is 5.69 Å². The van der Waals surface area contributed by atoms with E-state index in [0.29, 0.717) is 17.0 Å². The second-order valence-corrected chi connectivity index (χ2v) is 8.48. The Balaban J connectivity index is 2.80. The molecule has 0 unspecified atom stereocenters. The number of aromatic nitrogens is 3. The molecule has 21 heavy (non-hydrogen) atoms. The molecule has 1 heterocycles. The predicted molar refractivity (Wildman–Crippen MR) is 86.4 cm³/mol. The van der Waals surface area contributed by atoms with Crippen molar-refractivity contribution in [3.8, 4) is 11.4 Å². The van der Waals surface area contributed by atoms with Gasteiger partial charge >= 0.3 is 0 Å². The highest BCUT2D eigenvalue weighted by Gasteiger charge is 2.34. The second kappa shape index (κ2) is 6.19. The zero-order chi connectivity index (χ0) is 15.8. The SMILES string of the molecule is COc1cc(C(Cl)(Cl)Cl)cc(C(Cl)(Cl)Cl)c1-n1ccnn1. The zero-order valence-corrected chi connectivity index (χ0v) is 14.9. The number of hydrogen-bond acceptors (Lipinski definition) is 3. The molecule has 2 aromatic rings. The van der Waals surface area contributed by atoms with Crippen molar-refractivity contribution in [1.82, 2.24) is 15.0 Å². The molecule has 0 aliphatic heterocycles. The van der Waals surface area contributed by atoms with E-state index in [0.717, 1.165) is 0 Å². The number of rotatable bonds is 2. The van der Waals surface area contributed by atoms with Crippen molar-refractivity contribution in [2.24, 2.45) is 0 Å². The van der Waals surface area contributed by atoms with E-state index in [1.54, 1.807) is 6.20 Å². The number of benzene rings is 1. The molecule has 1 aromatic carbocycles. The Labute approximate surface area is 150 Å². The molecule has 0 spiro atoms. The summed E-state index contributed by atoms with van der Waals surface area (Å²) in [4.78, 5) is 0. The molecule has 1 aromatic heterocycles. The van der Waals surface area contributed by atoms with Gasteiger partial charge in [-0.25, -0.2) is 4.68 Å². The van der Waals surface area contributed by atoms with Gasteiger partial charge in [-0.2, -0.15) is 0 Å². The van der Waals surface area contributed by atoms with Gasteiger partial charge in [0.2, 0.25) is 7.59 Å². The van der Waals surface area contributed by atoms with E-state index in [4.69, 9.17) is 74.3 Å². The average molecular weight is 410 g/mol. The third kappa shape index (κ3) is 3.81. The molecule has 114 valence electrons. The number of ether oxygens (including phenoxy) is 1. The van der Waals surface area contributed by atoms with Gasteiger partial charge in [-0.05, 0) is 12.1 Å². The van der Waals surface area contributed by atoms with Crippen molar-refractivity contribution in [1.29, 1.82) is 0 Å². The van der Waals surface area contributed by atoms with Crippen LogP contribution in [0.2, 0.25) is 0 Å². The van der Waals surface area contributed by atoms with E-state index in [-0.39, 0.29) is 5.56 Å². The first-order valence-corrected chi connectivity index (χ1v) is 7.64. The van der Waals surface area contributed by atoms with Crippen LogP contribution in [0.1, 0.15) is 11.1 Å². The summed E-state index contributed by atoms with van der Waals surface area (Å²) in [6.07, 6.45) is 3.05.